The van der Waals surface area contributed by atoms with Crippen LogP contribution in [0.25, 0.3) is 0 Å². The molecule has 0 spiro atoms. The lowest BCUT2D eigenvalue weighted by molar-refractivity contribution is -0.870. The van der Waals surface area contributed by atoms with Crippen molar-refractivity contribution in [2.45, 2.75) is 282 Å². The van der Waals surface area contributed by atoms with Crippen LogP contribution in [0.2, 0.25) is 0 Å². The van der Waals surface area contributed by atoms with E-state index in [2.05, 4.69) is 26.0 Å². The van der Waals surface area contributed by atoms with Gasteiger partial charge in [-0.3, -0.25) is 28.8 Å². The molecule has 0 amide bonds. The highest BCUT2D eigenvalue weighted by atomic mass is 35.5. The summed E-state index contributed by atoms with van der Waals surface area (Å²) in [4.78, 5) is 73.6. The van der Waals surface area contributed by atoms with Crippen molar-refractivity contribution in [1.29, 1.82) is 0 Å². The van der Waals surface area contributed by atoms with Crippen LogP contribution in [0.4, 0.5) is 0 Å². The third-order valence-corrected chi connectivity index (χ3v) is 14.3. The number of rotatable bonds is 57. The minimum atomic E-state index is -0.772. The first kappa shape index (κ1) is 84.9. The lowest BCUT2D eigenvalue weighted by Crippen LogP contribution is -3.00. The summed E-state index contributed by atoms with van der Waals surface area (Å²) in [5.74, 6) is -1.62. The summed E-state index contributed by atoms with van der Waals surface area (Å²) in [6.45, 7) is 7.33. The predicted molar refractivity (Wildman–Crippen MR) is 326 cm³/mol. The summed E-state index contributed by atoms with van der Waals surface area (Å²) in [7, 11) is 12.2. The standard InChI is InChI=1S/C66H122N2O14.2ClH/c1-9-11-31-43-59(81-65(75)49-39-47-63(73)79-55-51-67(3,4)5)57(69)41-33-25-19-13-15-21-27-35-45-61(71)77-53-37-29-23-17-18-24-30-38-54-78-62(72)46-36-28-22-16-14-20-26-34-42-58(70)60(44-32-12-10-2)82-66(76)50-40-48-64(74)80-56-52-68(6,7)8;;/h25-26,33-34,57-60,69-70H,9-24,27-32,35-56H2,1-8H3;2*1H/q+2;;/p-2/b33-25+,34-26+;;. The maximum Gasteiger partial charge on any atom is 0.306 e. The van der Waals surface area contributed by atoms with Crippen LogP contribution in [0, 0.1) is 0 Å². The number of hydrogen-bond acceptors (Lipinski definition) is 14. The van der Waals surface area contributed by atoms with E-state index in [4.69, 9.17) is 28.4 Å². The monoisotopic (exact) mass is 1240 g/mol. The number of carbonyl (C=O) groups excluding carboxylic acids is 6. The number of ether oxygens (including phenoxy) is 6. The Morgan fingerprint density at radius 1 is 0.345 bits per heavy atom. The van der Waals surface area contributed by atoms with Gasteiger partial charge in [0.05, 0.1) is 67.7 Å². The van der Waals surface area contributed by atoms with E-state index < -0.39 is 36.4 Å². The third kappa shape index (κ3) is 59.1. The number of halogens is 2. The van der Waals surface area contributed by atoms with Gasteiger partial charge in [0.2, 0.25) is 0 Å². The highest BCUT2D eigenvalue weighted by molar-refractivity contribution is 5.73. The van der Waals surface area contributed by atoms with E-state index in [1.165, 1.54) is 0 Å². The fourth-order valence-corrected chi connectivity index (χ4v) is 8.99. The highest BCUT2D eigenvalue weighted by Gasteiger charge is 2.24. The quantitative estimate of drug-likeness (QED) is 0.0206. The van der Waals surface area contributed by atoms with Gasteiger partial charge in [0.1, 0.15) is 38.5 Å². The number of carbonyl (C=O) groups is 6. The molecule has 0 saturated carbocycles. The molecule has 0 bridgehead atoms. The normalized spacial score (nSPS) is 13.1. The molecule has 0 aromatic carbocycles. The Balaban J connectivity index is -0.0000328. The molecule has 18 heteroatoms. The summed E-state index contributed by atoms with van der Waals surface area (Å²) in [5, 5.41) is 21.7. The van der Waals surface area contributed by atoms with Crippen LogP contribution in [0.1, 0.15) is 258 Å². The topological polar surface area (TPSA) is 198 Å². The summed E-state index contributed by atoms with van der Waals surface area (Å²) in [6, 6.07) is 0. The molecule has 0 aliphatic heterocycles. The zero-order valence-electron chi connectivity index (χ0n) is 54.2. The molecule has 494 valence electrons. The molecule has 0 radical (unpaired) electrons. The van der Waals surface area contributed by atoms with E-state index in [1.54, 1.807) is 0 Å². The molecule has 0 rings (SSSR count). The number of aliphatic hydroxyl groups excluding tert-OH is 2. The molecule has 0 saturated heterocycles. The van der Waals surface area contributed by atoms with E-state index >= 15 is 0 Å². The summed E-state index contributed by atoms with van der Waals surface area (Å²) >= 11 is 0. The highest BCUT2D eigenvalue weighted by Crippen LogP contribution is 2.19. The largest absolute Gasteiger partial charge is 1.00 e. The lowest BCUT2D eigenvalue weighted by Gasteiger charge is -2.23. The Labute approximate surface area is 523 Å². The Morgan fingerprint density at radius 2 is 0.631 bits per heavy atom. The Hall–Kier alpha value is -3.28. The second-order valence-electron chi connectivity index (χ2n) is 24.7. The van der Waals surface area contributed by atoms with Crippen LogP contribution in [0.5, 0.6) is 0 Å². The van der Waals surface area contributed by atoms with Crippen molar-refractivity contribution in [1.82, 2.24) is 0 Å². The van der Waals surface area contributed by atoms with Crippen LogP contribution in [0.3, 0.4) is 0 Å². The van der Waals surface area contributed by atoms with Gasteiger partial charge in [-0.1, -0.05) is 141 Å². The minimum absolute atomic E-state index is 0. The fourth-order valence-electron chi connectivity index (χ4n) is 8.99. The smallest absolute Gasteiger partial charge is 0.306 e. The van der Waals surface area contributed by atoms with Gasteiger partial charge in [-0.05, 0) is 103 Å². The number of quaternary nitrogens is 2. The predicted octanol–water partition coefficient (Wildman–Crippen LogP) is 7.10. The number of unbranched alkanes of at least 4 members (excludes halogenated alkanes) is 21. The molecular formula is C66H122Cl2N2O14. The van der Waals surface area contributed by atoms with Crippen molar-refractivity contribution in [2.75, 3.05) is 81.8 Å². The molecule has 0 aliphatic carbocycles. The first-order valence-corrected chi connectivity index (χ1v) is 32.5. The number of esters is 6. The number of nitrogens with zero attached hydrogens (tertiary/aromatic N) is 2. The Morgan fingerprint density at radius 3 is 0.964 bits per heavy atom. The van der Waals surface area contributed by atoms with Crippen LogP contribution >= 0.6 is 0 Å². The number of likely N-dealkylation sites (N-methyl/N-ethyl adjacent to an activating group) is 2. The molecule has 0 fully saturated rings. The molecule has 0 heterocycles. The second kappa shape index (κ2) is 57.5. The molecule has 84 heavy (non-hydrogen) atoms. The number of hydrogen-bond donors (Lipinski definition) is 2. The molecule has 16 nitrogen and oxygen atoms in total. The second-order valence-corrected chi connectivity index (χ2v) is 24.7. The Kier molecular flexibility index (Phi) is 58.1. The molecule has 4 atom stereocenters. The van der Waals surface area contributed by atoms with Gasteiger partial charge in [-0.2, -0.15) is 0 Å². The molecular weight excluding hydrogens is 1120 g/mol. The van der Waals surface area contributed by atoms with Gasteiger partial charge in [0, 0.05) is 38.5 Å². The van der Waals surface area contributed by atoms with Crippen molar-refractivity contribution in [3.05, 3.63) is 24.3 Å². The van der Waals surface area contributed by atoms with Crippen LogP contribution < -0.4 is 24.8 Å². The molecule has 0 aromatic rings. The van der Waals surface area contributed by atoms with E-state index in [0.29, 0.717) is 86.8 Å². The van der Waals surface area contributed by atoms with Gasteiger partial charge in [-0.15, -0.1) is 0 Å². The van der Waals surface area contributed by atoms with E-state index in [0.717, 1.165) is 180 Å². The third-order valence-electron chi connectivity index (χ3n) is 14.3. The summed E-state index contributed by atoms with van der Waals surface area (Å²) < 4.78 is 34.3. The van der Waals surface area contributed by atoms with E-state index in [-0.39, 0.29) is 74.4 Å². The van der Waals surface area contributed by atoms with Crippen LogP contribution in [-0.2, 0) is 57.2 Å². The molecule has 2 N–H and O–H groups in total. The van der Waals surface area contributed by atoms with Gasteiger partial charge in [0.25, 0.3) is 0 Å². The lowest BCUT2D eigenvalue weighted by atomic mass is 10.0. The van der Waals surface area contributed by atoms with Gasteiger partial charge in [-0.25, -0.2) is 0 Å². The summed E-state index contributed by atoms with van der Waals surface area (Å²) in [5.41, 5.74) is 0. The zero-order valence-corrected chi connectivity index (χ0v) is 55.7. The fraction of sp³-hybridized carbons (Fsp3) is 0.848. The maximum absolute atomic E-state index is 12.6. The number of aliphatic hydroxyl groups is 2. The van der Waals surface area contributed by atoms with Crippen molar-refractivity contribution in [2.24, 2.45) is 0 Å². The van der Waals surface area contributed by atoms with Gasteiger partial charge >= 0.3 is 35.8 Å². The SMILES string of the molecule is CCCCCC(OC(=O)CCCC(=O)OCC[N+](C)(C)C)C(O)C/C=C/CCCCCCCC(=O)OCCCCCCCCCCOC(=O)CCCCCCC/C=C/CC(O)C(CCCCC)OC(=O)CCCC(=O)OCC[N+](C)(C)C.[Cl-].[Cl-]. The average Bonchev–Trinajstić information content (AvgIpc) is 3.42. The Bertz CT molecular complexity index is 1570. The first-order valence-electron chi connectivity index (χ1n) is 32.5. The van der Waals surface area contributed by atoms with Gasteiger partial charge in [0.15, 0.2) is 0 Å². The molecule has 4 unspecified atom stereocenters. The van der Waals surface area contributed by atoms with Crippen molar-refractivity contribution >= 4 is 35.8 Å². The van der Waals surface area contributed by atoms with Gasteiger partial charge < -0.3 is 72.4 Å². The van der Waals surface area contributed by atoms with Crippen molar-refractivity contribution in [3.8, 4) is 0 Å². The average molecular weight is 1240 g/mol. The van der Waals surface area contributed by atoms with Crippen LogP contribution in [-0.4, -0.2) is 161 Å². The number of allylic oxidation sites excluding steroid dienone is 2. The molecule has 0 aliphatic rings. The first-order chi connectivity index (χ1) is 39.3. The van der Waals surface area contributed by atoms with E-state index in [1.807, 2.05) is 54.4 Å². The van der Waals surface area contributed by atoms with Crippen LogP contribution in [0.15, 0.2) is 24.3 Å². The van der Waals surface area contributed by atoms with E-state index in [9.17, 15) is 39.0 Å². The zero-order chi connectivity index (χ0) is 61.0. The van der Waals surface area contributed by atoms with Crippen molar-refractivity contribution in [3.63, 3.8) is 0 Å². The molecule has 0 aromatic heterocycles. The minimum Gasteiger partial charge on any atom is -1.00 e. The summed E-state index contributed by atoms with van der Waals surface area (Å²) in [6.07, 6.45) is 35.8. The van der Waals surface area contributed by atoms with Crippen molar-refractivity contribution < 1.29 is 101 Å². The maximum atomic E-state index is 12.6.